The molecule has 0 unspecified atom stereocenters. The van der Waals surface area contributed by atoms with E-state index in [4.69, 9.17) is 11.6 Å². The molecule has 1 atom stereocenters. The molecule has 0 spiro atoms. The first-order valence-corrected chi connectivity index (χ1v) is 10.0. The molecule has 9 heteroatoms. The fraction of sp³-hybridized carbons (Fsp3) is 0.438. The lowest BCUT2D eigenvalue weighted by atomic mass is 10.2. The Morgan fingerprint density at radius 3 is 2.88 bits per heavy atom. The Labute approximate surface area is 151 Å². The Kier molecular flexibility index (Phi) is 5.43. The summed E-state index contributed by atoms with van der Waals surface area (Å²) in [5, 5.41) is 0.316. The minimum absolute atomic E-state index is 0.0833. The van der Waals surface area contributed by atoms with Crippen LogP contribution < -0.4 is 0 Å². The zero-order chi connectivity index (χ0) is 18.0. The summed E-state index contributed by atoms with van der Waals surface area (Å²) < 4.78 is 40.9. The van der Waals surface area contributed by atoms with Crippen LogP contribution in [-0.4, -0.2) is 53.8 Å². The van der Waals surface area contributed by atoms with Gasteiger partial charge in [0, 0.05) is 42.6 Å². The second kappa shape index (κ2) is 7.41. The number of nitrogens with one attached hydrogen (secondary N) is 1. The minimum atomic E-state index is -3.66. The molecule has 1 aromatic heterocycles. The molecule has 0 bridgehead atoms. The van der Waals surface area contributed by atoms with Gasteiger partial charge in [-0.15, -0.1) is 0 Å². The van der Waals surface area contributed by atoms with Crippen LogP contribution in [0.25, 0.3) is 0 Å². The van der Waals surface area contributed by atoms with E-state index in [0.29, 0.717) is 18.1 Å². The Balaban J connectivity index is 1.81. The molecular formula is C16H20ClFN4O2S. The standard InChI is InChI=1S/C16H20ClFN4O2S/c1-2-21-7-8-22(10-15(21)16-19-5-6-20-16)25(23,24)11-12-9-13(17)3-4-14(12)18/h3-6,9,15H,2,7-8,10-11H2,1H3,(H,19,20)/t15-/m0/s1. The third-order valence-corrected chi connectivity index (χ3v) is 6.46. The van der Waals surface area contributed by atoms with Crippen molar-refractivity contribution in [1.82, 2.24) is 19.2 Å². The van der Waals surface area contributed by atoms with E-state index >= 15 is 0 Å². The Morgan fingerprint density at radius 2 is 2.20 bits per heavy atom. The highest BCUT2D eigenvalue weighted by atomic mass is 35.5. The molecule has 1 fully saturated rings. The number of nitrogens with zero attached hydrogens (tertiary/aromatic N) is 3. The van der Waals surface area contributed by atoms with Crippen LogP contribution in [0, 0.1) is 5.82 Å². The molecule has 3 rings (SSSR count). The highest BCUT2D eigenvalue weighted by Gasteiger charge is 2.35. The van der Waals surface area contributed by atoms with E-state index in [9.17, 15) is 12.8 Å². The van der Waals surface area contributed by atoms with Gasteiger partial charge in [0.15, 0.2) is 0 Å². The molecule has 6 nitrogen and oxygen atoms in total. The fourth-order valence-electron chi connectivity index (χ4n) is 3.09. The number of aromatic nitrogens is 2. The number of benzene rings is 1. The van der Waals surface area contributed by atoms with Gasteiger partial charge in [-0.05, 0) is 24.7 Å². The number of hydrogen-bond acceptors (Lipinski definition) is 4. The van der Waals surface area contributed by atoms with Crippen molar-refractivity contribution in [2.45, 2.75) is 18.7 Å². The van der Waals surface area contributed by atoms with E-state index in [1.165, 1.54) is 22.5 Å². The summed E-state index contributed by atoms with van der Waals surface area (Å²) in [4.78, 5) is 9.50. The third-order valence-electron chi connectivity index (χ3n) is 4.43. The van der Waals surface area contributed by atoms with Crippen molar-refractivity contribution in [1.29, 1.82) is 0 Å². The van der Waals surface area contributed by atoms with Gasteiger partial charge < -0.3 is 4.98 Å². The summed E-state index contributed by atoms with van der Waals surface area (Å²) in [6, 6.07) is 3.81. The summed E-state index contributed by atoms with van der Waals surface area (Å²) in [5.74, 6) is -0.241. The third kappa shape index (κ3) is 4.03. The van der Waals surface area contributed by atoms with Crippen molar-refractivity contribution in [2.24, 2.45) is 0 Å². The predicted octanol–water partition coefficient (Wildman–Crippen LogP) is 2.41. The molecule has 0 radical (unpaired) electrons. The van der Waals surface area contributed by atoms with Crippen molar-refractivity contribution in [3.8, 4) is 0 Å². The van der Waals surface area contributed by atoms with Gasteiger partial charge in [0.1, 0.15) is 11.6 Å². The maximum absolute atomic E-state index is 13.9. The van der Waals surface area contributed by atoms with Crippen molar-refractivity contribution < 1.29 is 12.8 Å². The number of H-pyrrole nitrogens is 1. The zero-order valence-corrected chi connectivity index (χ0v) is 15.4. The van der Waals surface area contributed by atoms with Crippen molar-refractivity contribution in [2.75, 3.05) is 26.2 Å². The number of likely N-dealkylation sites (N-methyl/N-ethyl adjacent to an activating group) is 1. The highest BCUT2D eigenvalue weighted by molar-refractivity contribution is 7.88. The van der Waals surface area contributed by atoms with Crippen molar-refractivity contribution >= 4 is 21.6 Å². The van der Waals surface area contributed by atoms with Crippen molar-refractivity contribution in [3.63, 3.8) is 0 Å². The number of sulfonamides is 1. The Bertz CT molecular complexity index is 829. The van der Waals surface area contributed by atoms with Crippen LogP contribution in [-0.2, 0) is 15.8 Å². The molecule has 1 aromatic carbocycles. The van der Waals surface area contributed by atoms with Crippen LogP contribution in [0.3, 0.4) is 0 Å². The van der Waals surface area contributed by atoms with Crippen molar-refractivity contribution in [3.05, 3.63) is 52.8 Å². The maximum Gasteiger partial charge on any atom is 0.218 e. The molecule has 1 N–H and O–H groups in total. The van der Waals surface area contributed by atoms with Gasteiger partial charge in [-0.2, -0.15) is 4.31 Å². The molecule has 0 amide bonds. The van der Waals surface area contributed by atoms with Gasteiger partial charge >= 0.3 is 0 Å². The summed E-state index contributed by atoms with van der Waals surface area (Å²) in [6.45, 7) is 4.07. The maximum atomic E-state index is 13.9. The lowest BCUT2D eigenvalue weighted by Crippen LogP contribution is -2.50. The molecular weight excluding hydrogens is 367 g/mol. The van der Waals surface area contributed by atoms with Crippen LogP contribution in [0.1, 0.15) is 24.4 Å². The van der Waals surface area contributed by atoms with Crippen LogP contribution in [0.4, 0.5) is 4.39 Å². The first kappa shape index (κ1) is 18.3. The van der Waals surface area contributed by atoms with Crippen LogP contribution in [0.15, 0.2) is 30.6 Å². The highest BCUT2D eigenvalue weighted by Crippen LogP contribution is 2.26. The fourth-order valence-corrected chi connectivity index (χ4v) is 4.81. The summed E-state index contributed by atoms with van der Waals surface area (Å²) in [7, 11) is -3.66. The molecule has 2 heterocycles. The normalized spacial score (nSPS) is 20.0. The Hall–Kier alpha value is -1.48. The number of imidazole rings is 1. The average molecular weight is 387 g/mol. The van der Waals surface area contributed by atoms with E-state index in [0.717, 1.165) is 12.4 Å². The monoisotopic (exact) mass is 386 g/mol. The van der Waals surface area contributed by atoms with Gasteiger partial charge in [0.05, 0.1) is 11.8 Å². The molecule has 2 aromatic rings. The molecule has 1 saturated heterocycles. The molecule has 0 saturated carbocycles. The van der Waals surface area contributed by atoms with E-state index in [1.807, 2.05) is 6.92 Å². The molecule has 1 aliphatic heterocycles. The summed E-state index contributed by atoms with van der Waals surface area (Å²) in [6.07, 6.45) is 3.37. The number of piperazine rings is 1. The lowest BCUT2D eigenvalue weighted by molar-refractivity contribution is 0.119. The smallest absolute Gasteiger partial charge is 0.218 e. The average Bonchev–Trinajstić information content (AvgIpc) is 3.11. The molecule has 0 aliphatic carbocycles. The van der Waals surface area contributed by atoms with Gasteiger partial charge in [-0.25, -0.2) is 17.8 Å². The van der Waals surface area contributed by atoms with Crippen LogP contribution in [0.5, 0.6) is 0 Å². The van der Waals surface area contributed by atoms with Gasteiger partial charge in [-0.1, -0.05) is 18.5 Å². The summed E-state index contributed by atoms with van der Waals surface area (Å²) in [5.41, 5.74) is 0.0833. The topological polar surface area (TPSA) is 69.3 Å². The Morgan fingerprint density at radius 1 is 1.40 bits per heavy atom. The van der Waals surface area contributed by atoms with Crippen LogP contribution in [0.2, 0.25) is 5.02 Å². The molecule has 1 aliphatic rings. The predicted molar refractivity (Wildman–Crippen MR) is 94.2 cm³/mol. The first-order chi connectivity index (χ1) is 11.9. The van der Waals surface area contributed by atoms with E-state index in [-0.39, 0.29) is 18.2 Å². The van der Waals surface area contributed by atoms with E-state index in [1.54, 1.807) is 12.4 Å². The largest absolute Gasteiger partial charge is 0.347 e. The van der Waals surface area contributed by atoms with Crippen LogP contribution >= 0.6 is 11.6 Å². The minimum Gasteiger partial charge on any atom is -0.347 e. The zero-order valence-electron chi connectivity index (χ0n) is 13.8. The number of aromatic amines is 1. The number of rotatable bonds is 5. The van der Waals surface area contributed by atoms with Gasteiger partial charge in [-0.3, -0.25) is 4.90 Å². The van der Waals surface area contributed by atoms with E-state index in [2.05, 4.69) is 14.9 Å². The van der Waals surface area contributed by atoms with E-state index < -0.39 is 21.6 Å². The number of halogens is 2. The molecule has 136 valence electrons. The lowest BCUT2D eigenvalue weighted by Gasteiger charge is -2.39. The first-order valence-electron chi connectivity index (χ1n) is 8.06. The second-order valence-corrected chi connectivity index (χ2v) is 8.37. The summed E-state index contributed by atoms with van der Waals surface area (Å²) >= 11 is 5.87. The quantitative estimate of drug-likeness (QED) is 0.856. The number of hydrogen-bond donors (Lipinski definition) is 1. The van der Waals surface area contributed by atoms with Gasteiger partial charge in [0.2, 0.25) is 10.0 Å². The molecule has 25 heavy (non-hydrogen) atoms. The van der Waals surface area contributed by atoms with Gasteiger partial charge in [0.25, 0.3) is 0 Å². The SMILES string of the molecule is CCN1CCN(S(=O)(=O)Cc2cc(Cl)ccc2F)C[C@H]1c1ncc[nH]1. The second-order valence-electron chi connectivity index (χ2n) is 5.97.